The Hall–Kier alpha value is -6.52. The van der Waals surface area contributed by atoms with Crippen LogP contribution in [0.4, 0.5) is 0 Å². The van der Waals surface area contributed by atoms with Crippen molar-refractivity contribution < 1.29 is 0 Å². The Morgan fingerprint density at radius 3 is 1.90 bits per heavy atom. The van der Waals surface area contributed by atoms with Crippen molar-refractivity contribution >= 4 is 50.8 Å². The van der Waals surface area contributed by atoms with Gasteiger partial charge in [0, 0.05) is 28.3 Å². The van der Waals surface area contributed by atoms with Crippen LogP contribution >= 0.6 is 0 Å². The summed E-state index contributed by atoms with van der Waals surface area (Å²) in [5.74, 6) is 1.13. The van der Waals surface area contributed by atoms with Crippen LogP contribution in [0.25, 0.3) is 54.7 Å². The van der Waals surface area contributed by atoms with Crippen LogP contribution in [0, 0.1) is 6.92 Å². The van der Waals surface area contributed by atoms with Crippen LogP contribution in [0.1, 0.15) is 22.3 Å². The summed E-state index contributed by atoms with van der Waals surface area (Å²) in [5, 5.41) is 6.09. The molecule has 0 fully saturated rings. The summed E-state index contributed by atoms with van der Waals surface area (Å²) >= 11 is 0. The molecule has 7 aromatic carbocycles. The number of aliphatic imine (C=N–C) groups is 3. The second kappa shape index (κ2) is 13.5. The van der Waals surface area contributed by atoms with Gasteiger partial charge in [-0.25, -0.2) is 9.98 Å². The van der Waals surface area contributed by atoms with Crippen LogP contribution in [-0.4, -0.2) is 23.4 Å². The lowest BCUT2D eigenvalue weighted by Crippen LogP contribution is -2.05. The molecular weight excluding hydrogens is 609 g/mol. The van der Waals surface area contributed by atoms with Crippen molar-refractivity contribution in [3.8, 4) is 22.3 Å². The fourth-order valence-corrected chi connectivity index (χ4v) is 6.93. The zero-order valence-corrected chi connectivity index (χ0v) is 27.8. The molecule has 0 unspecified atom stereocenters. The van der Waals surface area contributed by atoms with Gasteiger partial charge in [0.15, 0.2) is 11.7 Å². The number of hydrogen-bond donors (Lipinski definition) is 0. The van der Waals surface area contributed by atoms with E-state index >= 15 is 0 Å². The number of fused-ring (bicyclic) bond motifs is 4. The van der Waals surface area contributed by atoms with Crippen LogP contribution < -0.4 is 0 Å². The van der Waals surface area contributed by atoms with E-state index in [2.05, 4.69) is 110 Å². The molecule has 0 radical (unpaired) electrons. The minimum absolute atomic E-state index is 0.413. The van der Waals surface area contributed by atoms with Gasteiger partial charge in [-0.15, -0.1) is 0 Å². The number of hydrogen-bond acceptors (Lipinski definition) is 2. The molecule has 0 atom stereocenters. The molecule has 0 amide bonds. The van der Waals surface area contributed by atoms with E-state index in [1.807, 2.05) is 72.9 Å². The summed E-state index contributed by atoms with van der Waals surface area (Å²) in [6, 6.07) is 54.7. The highest BCUT2D eigenvalue weighted by Crippen LogP contribution is 2.41. The molecule has 0 saturated heterocycles. The number of rotatable bonds is 6. The van der Waals surface area contributed by atoms with E-state index in [1.54, 1.807) is 0 Å². The van der Waals surface area contributed by atoms with E-state index in [1.165, 1.54) is 32.7 Å². The molecule has 8 aromatic rings. The lowest BCUT2D eigenvalue weighted by Gasteiger charge is -2.18. The minimum Gasteiger partial charge on any atom is -0.261 e. The number of nitrogens with zero attached hydrogens (tertiary/aromatic N) is 4. The highest BCUT2D eigenvalue weighted by atomic mass is 15.0. The first kappa shape index (κ1) is 30.8. The predicted octanol–water partition coefficient (Wildman–Crippen LogP) is 11.3. The number of para-hydroxylation sites is 1. The first-order valence-electron chi connectivity index (χ1n) is 16.8. The quantitative estimate of drug-likeness (QED) is 0.101. The zero-order chi connectivity index (χ0) is 33.9. The van der Waals surface area contributed by atoms with Gasteiger partial charge in [-0.3, -0.25) is 9.98 Å². The van der Waals surface area contributed by atoms with Gasteiger partial charge < -0.3 is 0 Å². The first-order valence-corrected chi connectivity index (χ1v) is 16.8. The van der Waals surface area contributed by atoms with Crippen molar-refractivity contribution in [2.24, 2.45) is 15.0 Å². The molecule has 0 saturated carbocycles. The van der Waals surface area contributed by atoms with Gasteiger partial charge in [-0.1, -0.05) is 133 Å². The topological polar surface area (TPSA) is 50.0 Å². The molecular formula is C46H34N4. The van der Waals surface area contributed by atoms with Gasteiger partial charge in [0.05, 0.1) is 12.1 Å². The van der Waals surface area contributed by atoms with Gasteiger partial charge in [0.1, 0.15) is 0 Å². The lowest BCUT2D eigenvalue weighted by molar-refractivity contribution is 1.06. The Kier molecular flexibility index (Phi) is 8.34. The second-order valence-corrected chi connectivity index (χ2v) is 12.4. The third-order valence-corrected chi connectivity index (χ3v) is 9.25. The van der Waals surface area contributed by atoms with Crippen molar-refractivity contribution in [2.45, 2.75) is 13.5 Å². The van der Waals surface area contributed by atoms with E-state index in [0.29, 0.717) is 18.2 Å². The average molecular weight is 643 g/mol. The molecule has 0 aliphatic carbocycles. The third-order valence-electron chi connectivity index (χ3n) is 9.25. The molecule has 8 rings (SSSR count). The summed E-state index contributed by atoms with van der Waals surface area (Å²) < 4.78 is 0. The number of benzene rings is 7. The Bertz CT molecular complexity index is 2580. The van der Waals surface area contributed by atoms with E-state index < -0.39 is 0 Å². The van der Waals surface area contributed by atoms with Crippen molar-refractivity contribution in [1.82, 2.24) is 4.98 Å². The predicted molar refractivity (Wildman–Crippen MR) is 212 cm³/mol. The summed E-state index contributed by atoms with van der Waals surface area (Å²) in [4.78, 5) is 19.3. The first-order chi connectivity index (χ1) is 24.7. The molecule has 238 valence electrons. The zero-order valence-electron chi connectivity index (χ0n) is 27.8. The van der Waals surface area contributed by atoms with Crippen molar-refractivity contribution in [3.05, 3.63) is 186 Å². The Morgan fingerprint density at radius 2 is 1.18 bits per heavy atom. The standard InChI is InChI=1S/C46H34N4/c1-31-38-21-9-10-22-40(38)41-23-11-12-24-42(41)43(31)37-28-32(27-36(29-37)39-25-13-19-33-20-14-26-48-44(33)39)30-49-46(35-17-7-4-8-18-35)50-45(47-2)34-15-5-3-6-16-34/h3-29H,2,30H2,1H3. The Balaban J connectivity index is 1.35. The maximum Gasteiger partial charge on any atom is 0.161 e. The van der Waals surface area contributed by atoms with Gasteiger partial charge in [-0.05, 0) is 87.3 Å². The van der Waals surface area contributed by atoms with Gasteiger partial charge in [-0.2, -0.15) is 0 Å². The molecule has 0 N–H and O–H groups in total. The number of aryl methyl sites for hydroxylation is 1. The van der Waals surface area contributed by atoms with Crippen LogP contribution in [0.15, 0.2) is 179 Å². The number of amidine groups is 2. The molecule has 50 heavy (non-hydrogen) atoms. The smallest absolute Gasteiger partial charge is 0.161 e. The van der Waals surface area contributed by atoms with Crippen molar-refractivity contribution in [1.29, 1.82) is 0 Å². The monoisotopic (exact) mass is 642 g/mol. The number of aromatic nitrogens is 1. The summed E-state index contributed by atoms with van der Waals surface area (Å²) in [6.07, 6.45) is 1.87. The third kappa shape index (κ3) is 5.88. The minimum atomic E-state index is 0.413. The summed E-state index contributed by atoms with van der Waals surface area (Å²) in [5.41, 5.74) is 9.64. The molecule has 4 heteroatoms. The normalized spacial score (nSPS) is 12.1. The molecule has 1 heterocycles. The van der Waals surface area contributed by atoms with Crippen LogP contribution in [-0.2, 0) is 6.54 Å². The molecule has 1 aromatic heterocycles. The second-order valence-electron chi connectivity index (χ2n) is 12.4. The molecule has 4 nitrogen and oxygen atoms in total. The molecule has 0 spiro atoms. The maximum absolute atomic E-state index is 5.17. The Morgan fingerprint density at radius 1 is 0.580 bits per heavy atom. The van der Waals surface area contributed by atoms with Gasteiger partial charge >= 0.3 is 0 Å². The van der Waals surface area contributed by atoms with Crippen LogP contribution in [0.5, 0.6) is 0 Å². The Labute approximate surface area is 291 Å². The van der Waals surface area contributed by atoms with Gasteiger partial charge in [0.25, 0.3) is 0 Å². The van der Waals surface area contributed by atoms with E-state index in [9.17, 15) is 0 Å². The summed E-state index contributed by atoms with van der Waals surface area (Å²) in [7, 11) is 0. The van der Waals surface area contributed by atoms with Crippen LogP contribution in [0.2, 0.25) is 0 Å². The largest absolute Gasteiger partial charge is 0.261 e. The highest BCUT2D eigenvalue weighted by Gasteiger charge is 2.16. The van der Waals surface area contributed by atoms with E-state index in [4.69, 9.17) is 15.0 Å². The van der Waals surface area contributed by atoms with Crippen LogP contribution in [0.3, 0.4) is 0 Å². The highest BCUT2D eigenvalue weighted by molar-refractivity contribution is 6.16. The lowest BCUT2D eigenvalue weighted by atomic mass is 9.87. The van der Waals surface area contributed by atoms with Gasteiger partial charge in [0.2, 0.25) is 0 Å². The van der Waals surface area contributed by atoms with Crippen molar-refractivity contribution in [3.63, 3.8) is 0 Å². The molecule has 0 aliphatic rings. The number of pyridine rings is 1. The van der Waals surface area contributed by atoms with E-state index in [-0.39, 0.29) is 0 Å². The maximum atomic E-state index is 5.17. The average Bonchev–Trinajstić information content (AvgIpc) is 3.18. The SMILES string of the molecule is C=NC(=NC(=NCc1cc(-c2c(C)c3ccccc3c3ccccc23)cc(-c2cccc3cccnc23)c1)c1ccccc1)c1ccccc1. The fraction of sp³-hybridized carbons (Fsp3) is 0.0435. The van der Waals surface area contributed by atoms with Crippen molar-refractivity contribution in [2.75, 3.05) is 0 Å². The fourth-order valence-electron chi connectivity index (χ4n) is 6.93. The molecule has 0 aliphatic heterocycles. The van der Waals surface area contributed by atoms with E-state index in [0.717, 1.165) is 44.3 Å². The molecule has 0 bridgehead atoms. The summed E-state index contributed by atoms with van der Waals surface area (Å²) in [6.45, 7) is 6.48.